The Morgan fingerprint density at radius 2 is 2.21 bits per heavy atom. The van der Waals surface area contributed by atoms with Gasteiger partial charge in [0.2, 0.25) is 0 Å². The Labute approximate surface area is 81.7 Å². The molecule has 0 aliphatic heterocycles. The zero-order valence-corrected chi connectivity index (χ0v) is 7.78. The fourth-order valence-corrected chi connectivity index (χ4v) is 1.54. The first-order valence-corrected chi connectivity index (χ1v) is 4.53. The maximum absolute atomic E-state index is 12.1. The molecule has 1 aromatic heterocycles. The van der Waals surface area contributed by atoms with E-state index in [9.17, 15) is 18.0 Å². The van der Waals surface area contributed by atoms with E-state index in [2.05, 4.69) is 4.98 Å². The molecular formula is C7H7F3N2OS. The molecule has 1 rings (SSSR count). The Balaban J connectivity index is 2.83. The van der Waals surface area contributed by atoms with Gasteiger partial charge in [-0.15, -0.1) is 11.3 Å². The van der Waals surface area contributed by atoms with Gasteiger partial charge in [0, 0.05) is 12.6 Å². The number of rotatable bonds is 3. The molecule has 14 heavy (non-hydrogen) atoms. The van der Waals surface area contributed by atoms with Gasteiger partial charge in [-0.2, -0.15) is 13.2 Å². The SMILES string of the molecule is NCCC(=O)c1cnc(C(F)(F)F)s1. The van der Waals surface area contributed by atoms with Gasteiger partial charge in [-0.25, -0.2) is 4.98 Å². The van der Waals surface area contributed by atoms with E-state index < -0.39 is 17.0 Å². The predicted octanol–water partition coefficient (Wildman–Crippen LogP) is 1.69. The van der Waals surface area contributed by atoms with Crippen molar-refractivity contribution in [3.63, 3.8) is 0 Å². The number of nitrogens with zero attached hydrogens (tertiary/aromatic N) is 1. The van der Waals surface area contributed by atoms with Crippen molar-refractivity contribution in [1.29, 1.82) is 0 Å². The highest BCUT2D eigenvalue weighted by atomic mass is 32.1. The minimum Gasteiger partial charge on any atom is -0.330 e. The molecule has 0 amide bonds. The van der Waals surface area contributed by atoms with Crippen LogP contribution in [0.25, 0.3) is 0 Å². The standard InChI is InChI=1S/C7H7F3N2OS/c8-7(9,10)6-12-3-5(14-6)4(13)1-2-11/h3H,1-2,11H2. The van der Waals surface area contributed by atoms with Crippen molar-refractivity contribution >= 4 is 17.1 Å². The quantitative estimate of drug-likeness (QED) is 0.795. The summed E-state index contributed by atoms with van der Waals surface area (Å²) < 4.78 is 36.2. The number of nitrogens with two attached hydrogens (primary N) is 1. The van der Waals surface area contributed by atoms with Crippen molar-refractivity contribution in [2.24, 2.45) is 5.73 Å². The number of Topliss-reactive ketones (excluding diaryl/α,β-unsaturated/α-hetero) is 1. The van der Waals surface area contributed by atoms with Crippen LogP contribution in [0.5, 0.6) is 0 Å². The average Bonchev–Trinajstić information content (AvgIpc) is 2.51. The minimum absolute atomic E-state index is 0.00257. The molecule has 0 radical (unpaired) electrons. The number of hydrogen-bond donors (Lipinski definition) is 1. The molecule has 0 aromatic carbocycles. The van der Waals surface area contributed by atoms with Crippen LogP contribution in [0.2, 0.25) is 0 Å². The van der Waals surface area contributed by atoms with E-state index in [1.165, 1.54) is 0 Å². The Kier molecular flexibility index (Phi) is 3.22. The lowest BCUT2D eigenvalue weighted by atomic mass is 10.2. The molecule has 0 spiro atoms. The van der Waals surface area contributed by atoms with Gasteiger partial charge < -0.3 is 5.73 Å². The Hall–Kier alpha value is -0.950. The average molecular weight is 224 g/mol. The smallest absolute Gasteiger partial charge is 0.330 e. The van der Waals surface area contributed by atoms with Crippen LogP contribution >= 0.6 is 11.3 Å². The first-order chi connectivity index (χ1) is 6.45. The van der Waals surface area contributed by atoms with E-state index in [-0.39, 0.29) is 17.8 Å². The van der Waals surface area contributed by atoms with Gasteiger partial charge in [-0.3, -0.25) is 4.79 Å². The number of ketones is 1. The molecule has 0 unspecified atom stereocenters. The van der Waals surface area contributed by atoms with Gasteiger partial charge in [0.1, 0.15) is 0 Å². The van der Waals surface area contributed by atoms with Gasteiger partial charge in [-0.1, -0.05) is 0 Å². The predicted molar refractivity (Wildman–Crippen MR) is 45.1 cm³/mol. The van der Waals surface area contributed by atoms with Crippen molar-refractivity contribution in [1.82, 2.24) is 4.98 Å². The van der Waals surface area contributed by atoms with E-state index >= 15 is 0 Å². The molecule has 1 aromatic rings. The topological polar surface area (TPSA) is 56.0 Å². The van der Waals surface area contributed by atoms with Crippen LogP contribution in [0.15, 0.2) is 6.20 Å². The Morgan fingerprint density at radius 1 is 1.57 bits per heavy atom. The molecule has 2 N–H and O–H groups in total. The molecule has 0 bridgehead atoms. The van der Waals surface area contributed by atoms with Crippen LogP contribution in [0.4, 0.5) is 13.2 Å². The van der Waals surface area contributed by atoms with Gasteiger partial charge in [0.15, 0.2) is 10.8 Å². The lowest BCUT2D eigenvalue weighted by Gasteiger charge is -1.98. The maximum Gasteiger partial charge on any atom is 0.443 e. The molecule has 0 saturated carbocycles. The number of carbonyl (C=O) groups is 1. The van der Waals surface area contributed by atoms with Crippen molar-refractivity contribution in [2.45, 2.75) is 12.6 Å². The van der Waals surface area contributed by atoms with Gasteiger partial charge >= 0.3 is 6.18 Å². The minimum atomic E-state index is -4.48. The summed E-state index contributed by atoms with van der Waals surface area (Å²) in [7, 11) is 0. The molecular weight excluding hydrogens is 217 g/mol. The third-order valence-electron chi connectivity index (χ3n) is 1.39. The highest BCUT2D eigenvalue weighted by molar-refractivity contribution is 7.13. The third-order valence-corrected chi connectivity index (χ3v) is 2.48. The van der Waals surface area contributed by atoms with Gasteiger partial charge in [-0.05, 0) is 6.54 Å². The number of aromatic nitrogens is 1. The first-order valence-electron chi connectivity index (χ1n) is 3.71. The highest BCUT2D eigenvalue weighted by Gasteiger charge is 2.35. The Morgan fingerprint density at radius 3 is 2.64 bits per heavy atom. The Bertz CT molecular complexity index is 334. The summed E-state index contributed by atoms with van der Waals surface area (Å²) in [5.74, 6) is -0.402. The molecule has 0 atom stereocenters. The number of thiazole rings is 1. The third kappa shape index (κ3) is 2.52. The van der Waals surface area contributed by atoms with Crippen LogP contribution in [0.3, 0.4) is 0 Å². The molecule has 0 aliphatic carbocycles. The lowest BCUT2D eigenvalue weighted by Crippen LogP contribution is -2.06. The van der Waals surface area contributed by atoms with Crippen LogP contribution in [0, 0.1) is 0 Å². The van der Waals surface area contributed by atoms with E-state index in [1.54, 1.807) is 0 Å². The maximum atomic E-state index is 12.1. The van der Waals surface area contributed by atoms with E-state index in [4.69, 9.17) is 5.73 Å². The van der Waals surface area contributed by atoms with Crippen LogP contribution in [0.1, 0.15) is 21.1 Å². The zero-order chi connectivity index (χ0) is 10.8. The van der Waals surface area contributed by atoms with Crippen molar-refractivity contribution in [2.75, 3.05) is 6.54 Å². The largest absolute Gasteiger partial charge is 0.443 e. The van der Waals surface area contributed by atoms with Crippen LogP contribution in [-0.4, -0.2) is 17.3 Å². The van der Waals surface area contributed by atoms with Gasteiger partial charge in [0.25, 0.3) is 0 Å². The summed E-state index contributed by atoms with van der Waals surface area (Å²) in [5.41, 5.74) is 5.10. The van der Waals surface area contributed by atoms with Crippen molar-refractivity contribution in [3.8, 4) is 0 Å². The number of hydrogen-bond acceptors (Lipinski definition) is 4. The van der Waals surface area contributed by atoms with Crippen LogP contribution < -0.4 is 5.73 Å². The fourth-order valence-electron chi connectivity index (χ4n) is 0.788. The summed E-state index contributed by atoms with van der Waals surface area (Å²) in [5, 5.41) is -1.00. The second-order valence-electron chi connectivity index (χ2n) is 2.49. The lowest BCUT2D eigenvalue weighted by molar-refractivity contribution is -0.137. The number of alkyl halides is 3. The molecule has 1 heterocycles. The first kappa shape index (κ1) is 11.1. The normalized spacial score (nSPS) is 11.7. The monoisotopic (exact) mass is 224 g/mol. The summed E-state index contributed by atoms with van der Waals surface area (Å²) in [6, 6.07) is 0. The zero-order valence-electron chi connectivity index (χ0n) is 6.97. The molecule has 78 valence electrons. The number of carbonyl (C=O) groups excluding carboxylic acids is 1. The van der Waals surface area contributed by atoms with Crippen LogP contribution in [-0.2, 0) is 6.18 Å². The molecule has 0 fully saturated rings. The summed E-state index contributed by atoms with van der Waals surface area (Å²) in [4.78, 5) is 14.2. The van der Waals surface area contributed by atoms with E-state index in [1.807, 2.05) is 0 Å². The molecule has 0 aliphatic rings. The van der Waals surface area contributed by atoms with Crippen molar-refractivity contribution in [3.05, 3.63) is 16.1 Å². The summed E-state index contributed by atoms with van der Waals surface area (Å²) in [6.07, 6.45) is -3.50. The fraction of sp³-hybridized carbons (Fsp3) is 0.429. The highest BCUT2D eigenvalue weighted by Crippen LogP contribution is 2.32. The van der Waals surface area contributed by atoms with Crippen molar-refractivity contribution < 1.29 is 18.0 Å². The summed E-state index contributed by atoms with van der Waals surface area (Å²) >= 11 is 0.347. The molecule has 3 nitrogen and oxygen atoms in total. The summed E-state index contributed by atoms with van der Waals surface area (Å²) in [6.45, 7) is 0.123. The molecule has 0 saturated heterocycles. The van der Waals surface area contributed by atoms with E-state index in [0.29, 0.717) is 11.3 Å². The second kappa shape index (κ2) is 4.05. The van der Waals surface area contributed by atoms with E-state index in [0.717, 1.165) is 6.20 Å². The second-order valence-corrected chi connectivity index (χ2v) is 3.52. The van der Waals surface area contributed by atoms with Gasteiger partial charge in [0.05, 0.1) is 4.88 Å². The molecule has 7 heteroatoms. The number of halogens is 3.